The van der Waals surface area contributed by atoms with Gasteiger partial charge in [-0.25, -0.2) is 0 Å². The van der Waals surface area contributed by atoms with Crippen molar-refractivity contribution in [2.45, 2.75) is 6.04 Å². The van der Waals surface area contributed by atoms with E-state index in [0.29, 0.717) is 0 Å². The Bertz CT molecular complexity index is 535. The van der Waals surface area contributed by atoms with Crippen molar-refractivity contribution in [1.82, 2.24) is 4.90 Å². The number of likely N-dealkylation sites (N-methyl/N-ethyl adjacent to an activating group) is 1. The molecule has 1 aliphatic heterocycles. The van der Waals surface area contributed by atoms with Crippen molar-refractivity contribution in [3.63, 3.8) is 0 Å². The lowest BCUT2D eigenvalue weighted by atomic mass is 10.1. The monoisotopic (exact) mass is 222 g/mol. The van der Waals surface area contributed by atoms with Crippen LogP contribution in [-0.2, 0) is 0 Å². The molecule has 1 heterocycles. The van der Waals surface area contributed by atoms with Crippen LogP contribution in [0.4, 0.5) is 0 Å². The summed E-state index contributed by atoms with van der Waals surface area (Å²) in [5.41, 5.74) is 2.36. The first kappa shape index (κ1) is 10.1. The van der Waals surface area contributed by atoms with E-state index in [2.05, 4.69) is 54.5 Å². The van der Waals surface area contributed by atoms with Gasteiger partial charge in [0.25, 0.3) is 0 Å². The average Bonchev–Trinajstić information content (AvgIpc) is 2.58. The first-order valence-electron chi connectivity index (χ1n) is 5.78. The topological polar surface area (TPSA) is 15.6 Å². The minimum atomic E-state index is 0.159. The molecule has 1 aromatic carbocycles. The highest BCUT2D eigenvalue weighted by Gasteiger charge is 2.19. The molecule has 0 radical (unpaired) electrons. The fourth-order valence-corrected chi connectivity index (χ4v) is 2.13. The lowest BCUT2D eigenvalue weighted by Gasteiger charge is -2.27. The van der Waals surface area contributed by atoms with E-state index < -0.39 is 0 Å². The minimum absolute atomic E-state index is 0.159. The molecule has 0 amide bonds. The molecule has 0 spiro atoms. The van der Waals surface area contributed by atoms with Gasteiger partial charge in [-0.15, -0.1) is 0 Å². The third-order valence-electron chi connectivity index (χ3n) is 3.04. The number of hydrogen-bond donors (Lipinski definition) is 0. The van der Waals surface area contributed by atoms with Crippen molar-refractivity contribution in [3.05, 3.63) is 72.0 Å². The summed E-state index contributed by atoms with van der Waals surface area (Å²) in [6.07, 6.45) is 10.5. The van der Waals surface area contributed by atoms with Gasteiger partial charge in [-0.05, 0) is 12.2 Å². The summed E-state index contributed by atoms with van der Waals surface area (Å²) in [7, 11) is 2.06. The summed E-state index contributed by atoms with van der Waals surface area (Å²) in [6.45, 7) is 0. The van der Waals surface area contributed by atoms with Crippen molar-refractivity contribution in [3.8, 4) is 0 Å². The molecule has 2 aliphatic rings. The molecular weight excluding hydrogens is 208 g/mol. The Morgan fingerprint density at radius 1 is 1.12 bits per heavy atom. The van der Waals surface area contributed by atoms with Crippen molar-refractivity contribution in [2.75, 3.05) is 7.05 Å². The number of rotatable bonds is 1. The molecule has 1 atom stereocenters. The molecular formula is C15H14N2. The lowest BCUT2D eigenvalue weighted by Crippen LogP contribution is -2.31. The van der Waals surface area contributed by atoms with Crippen molar-refractivity contribution in [2.24, 2.45) is 4.99 Å². The minimum Gasteiger partial charge on any atom is -0.329 e. The van der Waals surface area contributed by atoms with E-state index in [1.54, 1.807) is 0 Å². The van der Waals surface area contributed by atoms with Gasteiger partial charge in [-0.3, -0.25) is 4.99 Å². The van der Waals surface area contributed by atoms with Crippen LogP contribution in [0.15, 0.2) is 71.4 Å². The predicted molar refractivity (Wildman–Crippen MR) is 70.9 cm³/mol. The van der Waals surface area contributed by atoms with Crippen LogP contribution >= 0.6 is 0 Å². The zero-order valence-corrected chi connectivity index (χ0v) is 9.75. The quantitative estimate of drug-likeness (QED) is 0.713. The molecule has 84 valence electrons. The largest absolute Gasteiger partial charge is 0.329 e. The highest BCUT2D eigenvalue weighted by Crippen LogP contribution is 2.21. The molecule has 2 nitrogen and oxygen atoms in total. The van der Waals surface area contributed by atoms with Crippen LogP contribution in [0.1, 0.15) is 5.56 Å². The summed E-state index contributed by atoms with van der Waals surface area (Å²) in [6, 6.07) is 10.5. The summed E-state index contributed by atoms with van der Waals surface area (Å²) >= 11 is 0. The predicted octanol–water partition coefficient (Wildman–Crippen LogP) is 2.76. The van der Waals surface area contributed by atoms with Crippen LogP contribution in [-0.4, -0.2) is 23.8 Å². The molecule has 0 aromatic heterocycles. The smallest absolute Gasteiger partial charge is 0.136 e. The molecule has 0 fully saturated rings. The Kier molecular flexibility index (Phi) is 2.41. The van der Waals surface area contributed by atoms with Crippen LogP contribution in [0, 0.1) is 0 Å². The van der Waals surface area contributed by atoms with Crippen LogP contribution < -0.4 is 0 Å². The van der Waals surface area contributed by atoms with Crippen molar-refractivity contribution in [1.29, 1.82) is 0 Å². The van der Waals surface area contributed by atoms with E-state index in [1.165, 1.54) is 5.70 Å². The molecule has 1 aliphatic carbocycles. The maximum atomic E-state index is 4.75. The molecule has 1 aromatic rings. The number of nitrogens with zero attached hydrogens (tertiary/aromatic N) is 2. The van der Waals surface area contributed by atoms with Gasteiger partial charge in [0.05, 0.1) is 6.04 Å². The third kappa shape index (κ3) is 1.82. The Hall–Kier alpha value is -2.09. The van der Waals surface area contributed by atoms with Gasteiger partial charge >= 0.3 is 0 Å². The summed E-state index contributed by atoms with van der Waals surface area (Å²) in [4.78, 5) is 6.89. The van der Waals surface area contributed by atoms with Gasteiger partial charge in [0.2, 0.25) is 0 Å². The average molecular weight is 222 g/mol. The Morgan fingerprint density at radius 3 is 2.76 bits per heavy atom. The Morgan fingerprint density at radius 2 is 1.94 bits per heavy atom. The first-order valence-corrected chi connectivity index (χ1v) is 5.78. The Balaban J connectivity index is 2.05. The van der Waals surface area contributed by atoms with Gasteiger partial charge in [0.15, 0.2) is 0 Å². The number of amidine groups is 1. The van der Waals surface area contributed by atoms with E-state index in [-0.39, 0.29) is 6.04 Å². The van der Waals surface area contributed by atoms with E-state index in [9.17, 15) is 0 Å². The number of hydrogen-bond acceptors (Lipinski definition) is 2. The molecule has 0 saturated carbocycles. The van der Waals surface area contributed by atoms with Gasteiger partial charge in [0.1, 0.15) is 5.84 Å². The van der Waals surface area contributed by atoms with Crippen molar-refractivity contribution < 1.29 is 0 Å². The summed E-state index contributed by atoms with van der Waals surface area (Å²) in [5, 5.41) is 0. The molecule has 0 saturated heterocycles. The second-order valence-corrected chi connectivity index (χ2v) is 4.20. The normalized spacial score (nSPS) is 21.9. The van der Waals surface area contributed by atoms with Crippen LogP contribution in [0.5, 0.6) is 0 Å². The van der Waals surface area contributed by atoms with E-state index in [4.69, 9.17) is 4.99 Å². The number of aliphatic imine (C=N–C) groups is 1. The molecule has 0 N–H and O–H groups in total. The summed E-state index contributed by atoms with van der Waals surface area (Å²) < 4.78 is 0. The SMILES string of the molecule is CN1C2=CC(C=CC=C2)N=C1c1ccccc1. The summed E-state index contributed by atoms with van der Waals surface area (Å²) in [5.74, 6) is 1.03. The molecule has 1 unspecified atom stereocenters. The van der Waals surface area contributed by atoms with Gasteiger partial charge < -0.3 is 4.90 Å². The van der Waals surface area contributed by atoms with E-state index >= 15 is 0 Å². The van der Waals surface area contributed by atoms with Crippen LogP contribution in [0.3, 0.4) is 0 Å². The van der Waals surface area contributed by atoms with E-state index in [0.717, 1.165) is 11.4 Å². The number of fused-ring (bicyclic) bond motifs is 1. The van der Waals surface area contributed by atoms with Crippen LogP contribution in [0.25, 0.3) is 0 Å². The Labute approximate surface area is 101 Å². The lowest BCUT2D eigenvalue weighted by molar-refractivity contribution is 0.620. The fraction of sp³-hybridized carbons (Fsp3) is 0.133. The second kappa shape index (κ2) is 4.06. The maximum Gasteiger partial charge on any atom is 0.136 e. The van der Waals surface area contributed by atoms with Crippen LogP contribution in [0.2, 0.25) is 0 Å². The molecule has 2 heteroatoms. The second-order valence-electron chi connectivity index (χ2n) is 4.20. The van der Waals surface area contributed by atoms with E-state index in [1.807, 2.05) is 18.2 Å². The first-order chi connectivity index (χ1) is 8.34. The zero-order chi connectivity index (χ0) is 11.7. The van der Waals surface area contributed by atoms with Crippen molar-refractivity contribution >= 4 is 5.84 Å². The third-order valence-corrected chi connectivity index (χ3v) is 3.04. The number of benzene rings is 1. The molecule has 2 bridgehead atoms. The number of allylic oxidation sites excluding steroid dienone is 3. The molecule has 3 rings (SSSR count). The maximum absolute atomic E-state index is 4.75. The fourth-order valence-electron chi connectivity index (χ4n) is 2.13. The molecule has 17 heavy (non-hydrogen) atoms. The highest BCUT2D eigenvalue weighted by atomic mass is 15.2. The highest BCUT2D eigenvalue weighted by molar-refractivity contribution is 6.00. The zero-order valence-electron chi connectivity index (χ0n) is 9.75. The van der Waals surface area contributed by atoms with Gasteiger partial charge in [-0.2, -0.15) is 0 Å². The van der Waals surface area contributed by atoms with Gasteiger partial charge in [0, 0.05) is 18.3 Å². The van der Waals surface area contributed by atoms with Gasteiger partial charge in [-0.1, -0.05) is 48.6 Å². The standard InChI is InChI=1S/C15H14N2/c1-17-14-10-6-5-9-13(11-14)16-15(17)12-7-3-2-4-8-12/h2-11,13H,1H3.